The van der Waals surface area contributed by atoms with Gasteiger partial charge in [-0.3, -0.25) is 0 Å². The number of likely N-dealkylation sites (tertiary alicyclic amines) is 1. The Kier molecular flexibility index (Phi) is 7.67. The molecule has 0 saturated carbocycles. The van der Waals surface area contributed by atoms with E-state index in [4.69, 9.17) is 4.74 Å². The van der Waals surface area contributed by atoms with Crippen LogP contribution in [0.1, 0.15) is 45.6 Å². The Morgan fingerprint density at radius 2 is 1.77 bits per heavy atom. The van der Waals surface area contributed by atoms with Crippen LogP contribution in [0.3, 0.4) is 0 Å². The van der Waals surface area contributed by atoms with E-state index in [9.17, 15) is 5.11 Å². The lowest BCUT2D eigenvalue weighted by molar-refractivity contribution is 0.0611. The molecule has 1 atom stereocenters. The summed E-state index contributed by atoms with van der Waals surface area (Å²) in [6.45, 7) is 9.84. The van der Waals surface area contributed by atoms with Crippen LogP contribution in [0.15, 0.2) is 24.3 Å². The summed E-state index contributed by atoms with van der Waals surface area (Å²) in [4.78, 5) is 2.34. The molecule has 1 saturated heterocycles. The van der Waals surface area contributed by atoms with Gasteiger partial charge in [-0.1, -0.05) is 45.4 Å². The molecule has 4 heteroatoms. The summed E-state index contributed by atoms with van der Waals surface area (Å²) < 4.78 is 5.89. The van der Waals surface area contributed by atoms with Crippen molar-refractivity contribution < 1.29 is 9.84 Å². The number of aliphatic hydroxyl groups is 1. The normalized spacial score (nSPS) is 17.6. The number of rotatable bonds is 5. The van der Waals surface area contributed by atoms with Crippen LogP contribution in [0.25, 0.3) is 0 Å². The molecule has 22 heavy (non-hydrogen) atoms. The Morgan fingerprint density at radius 3 is 2.41 bits per heavy atom. The van der Waals surface area contributed by atoms with Crippen molar-refractivity contribution >= 4 is 12.4 Å². The van der Waals surface area contributed by atoms with Crippen molar-refractivity contribution in [2.75, 3.05) is 26.2 Å². The van der Waals surface area contributed by atoms with Gasteiger partial charge in [0.25, 0.3) is 0 Å². The van der Waals surface area contributed by atoms with Gasteiger partial charge in [0.05, 0.1) is 0 Å². The first-order valence-electron chi connectivity index (χ1n) is 8.09. The molecule has 1 heterocycles. The maximum Gasteiger partial charge on any atom is 0.123 e. The highest BCUT2D eigenvalue weighted by atomic mass is 35.5. The number of ether oxygens (including phenoxy) is 1. The zero-order valence-corrected chi connectivity index (χ0v) is 14.9. The van der Waals surface area contributed by atoms with Crippen molar-refractivity contribution in [1.29, 1.82) is 0 Å². The number of benzene rings is 1. The summed E-state index contributed by atoms with van der Waals surface area (Å²) in [5.74, 6) is 0.891. The van der Waals surface area contributed by atoms with Gasteiger partial charge >= 0.3 is 0 Å². The van der Waals surface area contributed by atoms with Crippen LogP contribution in [0, 0.1) is 0 Å². The maximum atomic E-state index is 10.2. The molecule has 2 rings (SSSR count). The first kappa shape index (κ1) is 19.3. The number of hydrogen-bond donors (Lipinski definition) is 1. The fraction of sp³-hybridized carbons (Fsp3) is 0.667. The molecule has 0 aliphatic carbocycles. The predicted octanol–water partition coefficient (Wildman–Crippen LogP) is 3.63. The predicted molar refractivity (Wildman–Crippen MR) is 94.2 cm³/mol. The lowest BCUT2D eigenvalue weighted by atomic mass is 9.86. The molecule has 0 bridgehead atoms. The van der Waals surface area contributed by atoms with Gasteiger partial charge in [-0.15, -0.1) is 12.4 Å². The molecule has 0 radical (unpaired) electrons. The fourth-order valence-corrected chi connectivity index (χ4v) is 2.89. The number of β-amino-alcohol motifs (C(OH)–C–C–N with tert-alkyl or cyclic N) is 1. The molecule has 3 nitrogen and oxygen atoms in total. The Bertz CT molecular complexity index is 439. The van der Waals surface area contributed by atoms with Gasteiger partial charge in [0.2, 0.25) is 0 Å². The monoisotopic (exact) mass is 327 g/mol. The minimum atomic E-state index is -0.420. The summed E-state index contributed by atoms with van der Waals surface area (Å²) in [7, 11) is 0. The van der Waals surface area contributed by atoms with Crippen molar-refractivity contribution in [3.63, 3.8) is 0 Å². The van der Waals surface area contributed by atoms with Gasteiger partial charge < -0.3 is 14.7 Å². The van der Waals surface area contributed by atoms with Crippen LogP contribution in [0.5, 0.6) is 5.75 Å². The molecule has 1 aromatic carbocycles. The van der Waals surface area contributed by atoms with Gasteiger partial charge in [-0.25, -0.2) is 0 Å². The van der Waals surface area contributed by atoms with E-state index in [0.717, 1.165) is 25.4 Å². The summed E-state index contributed by atoms with van der Waals surface area (Å²) in [6, 6.07) is 8.12. The average molecular weight is 328 g/mol. The minimum Gasteiger partial charge on any atom is -0.491 e. The number of aliphatic hydroxyl groups excluding tert-OH is 1. The van der Waals surface area contributed by atoms with Crippen molar-refractivity contribution in [2.45, 2.75) is 51.6 Å². The Hall–Kier alpha value is -0.770. The molecule has 1 aliphatic rings. The molecule has 1 fully saturated rings. The van der Waals surface area contributed by atoms with Crippen LogP contribution in [-0.4, -0.2) is 42.4 Å². The first-order chi connectivity index (χ1) is 9.97. The molecular formula is C18H30ClNO2. The second-order valence-electron chi connectivity index (χ2n) is 7.07. The van der Waals surface area contributed by atoms with Gasteiger partial charge in [0.1, 0.15) is 18.5 Å². The third-order valence-electron chi connectivity index (χ3n) is 4.04. The molecule has 0 spiro atoms. The molecular weight excluding hydrogens is 298 g/mol. The van der Waals surface area contributed by atoms with Gasteiger partial charge in [-0.05, 0) is 43.0 Å². The van der Waals surface area contributed by atoms with Crippen molar-refractivity contribution in [2.24, 2.45) is 0 Å². The molecule has 1 unspecified atom stereocenters. The third kappa shape index (κ3) is 5.79. The molecule has 1 N–H and O–H groups in total. The molecule has 1 aromatic rings. The van der Waals surface area contributed by atoms with E-state index in [1.54, 1.807) is 0 Å². The number of halogens is 1. The van der Waals surface area contributed by atoms with E-state index in [0.29, 0.717) is 6.61 Å². The number of para-hydroxylation sites is 1. The van der Waals surface area contributed by atoms with Crippen molar-refractivity contribution in [3.8, 4) is 5.75 Å². The Balaban J connectivity index is 0.00000242. The lowest BCUT2D eigenvalue weighted by Gasteiger charge is -2.29. The lowest BCUT2D eigenvalue weighted by Crippen LogP contribution is -2.38. The largest absolute Gasteiger partial charge is 0.491 e. The van der Waals surface area contributed by atoms with Crippen LogP contribution < -0.4 is 4.74 Å². The van der Waals surface area contributed by atoms with Crippen molar-refractivity contribution in [3.05, 3.63) is 29.8 Å². The summed E-state index contributed by atoms with van der Waals surface area (Å²) in [5.41, 5.74) is 1.24. The summed E-state index contributed by atoms with van der Waals surface area (Å²) >= 11 is 0. The topological polar surface area (TPSA) is 32.7 Å². The van der Waals surface area contributed by atoms with Crippen LogP contribution >= 0.6 is 12.4 Å². The second kappa shape index (κ2) is 8.76. The van der Waals surface area contributed by atoms with E-state index in [1.165, 1.54) is 24.8 Å². The SMILES string of the molecule is CC(C)(C)c1ccccc1OCC(O)CN1CCCCC1.Cl. The van der Waals surface area contributed by atoms with Gasteiger partial charge in [-0.2, -0.15) is 0 Å². The van der Waals surface area contributed by atoms with E-state index < -0.39 is 6.10 Å². The van der Waals surface area contributed by atoms with Gasteiger partial charge in [0.15, 0.2) is 0 Å². The number of nitrogens with zero attached hydrogens (tertiary/aromatic N) is 1. The quantitative estimate of drug-likeness (QED) is 0.896. The highest BCUT2D eigenvalue weighted by molar-refractivity contribution is 5.85. The van der Waals surface area contributed by atoms with Crippen LogP contribution in [-0.2, 0) is 5.41 Å². The zero-order valence-electron chi connectivity index (χ0n) is 14.0. The van der Waals surface area contributed by atoms with E-state index in [-0.39, 0.29) is 17.8 Å². The third-order valence-corrected chi connectivity index (χ3v) is 4.04. The molecule has 1 aliphatic heterocycles. The number of piperidine rings is 1. The zero-order chi connectivity index (χ0) is 15.3. The Labute approximate surface area is 141 Å². The minimum absolute atomic E-state index is 0. The highest BCUT2D eigenvalue weighted by Gasteiger charge is 2.20. The molecule has 0 aromatic heterocycles. The highest BCUT2D eigenvalue weighted by Crippen LogP contribution is 2.30. The molecule has 0 amide bonds. The average Bonchev–Trinajstić information content (AvgIpc) is 2.45. The van der Waals surface area contributed by atoms with Crippen LogP contribution in [0.4, 0.5) is 0 Å². The first-order valence-corrected chi connectivity index (χ1v) is 8.09. The smallest absolute Gasteiger partial charge is 0.123 e. The van der Waals surface area contributed by atoms with E-state index in [1.807, 2.05) is 18.2 Å². The standard InChI is InChI=1S/C18H29NO2.ClH/c1-18(2,3)16-9-5-6-10-17(16)21-14-15(20)13-19-11-7-4-8-12-19;/h5-6,9-10,15,20H,4,7-8,11-14H2,1-3H3;1H. The Morgan fingerprint density at radius 1 is 1.14 bits per heavy atom. The molecule has 126 valence electrons. The van der Waals surface area contributed by atoms with Crippen molar-refractivity contribution in [1.82, 2.24) is 4.90 Å². The number of hydrogen-bond acceptors (Lipinski definition) is 3. The maximum absolute atomic E-state index is 10.2. The van der Waals surface area contributed by atoms with E-state index >= 15 is 0 Å². The van der Waals surface area contributed by atoms with E-state index in [2.05, 4.69) is 31.7 Å². The second-order valence-corrected chi connectivity index (χ2v) is 7.07. The fourth-order valence-electron chi connectivity index (χ4n) is 2.89. The summed E-state index contributed by atoms with van der Waals surface area (Å²) in [5, 5.41) is 10.2. The van der Waals surface area contributed by atoms with Gasteiger partial charge in [0, 0.05) is 6.54 Å². The van der Waals surface area contributed by atoms with Crippen LogP contribution in [0.2, 0.25) is 0 Å². The summed E-state index contributed by atoms with van der Waals surface area (Å²) in [6.07, 6.45) is 3.40.